The van der Waals surface area contributed by atoms with E-state index in [1.807, 2.05) is 0 Å². The number of nitrogens with zero attached hydrogens (tertiary/aromatic N) is 1. The summed E-state index contributed by atoms with van der Waals surface area (Å²) in [5, 5.41) is 3.48. The minimum atomic E-state index is 0.221. The lowest BCUT2D eigenvalue weighted by Gasteiger charge is -2.35. The third-order valence-corrected chi connectivity index (χ3v) is 5.01. The van der Waals surface area contributed by atoms with Crippen LogP contribution in [0.25, 0.3) is 0 Å². The van der Waals surface area contributed by atoms with Crippen LogP contribution in [-0.2, 0) is 4.79 Å². The molecule has 0 bridgehead atoms. The summed E-state index contributed by atoms with van der Waals surface area (Å²) in [6, 6.07) is 1.11. The molecule has 0 aromatic heterocycles. The van der Waals surface area contributed by atoms with Crippen LogP contribution in [0, 0.1) is 11.8 Å². The normalized spacial score (nSPS) is 28.0. The van der Waals surface area contributed by atoms with Crippen molar-refractivity contribution in [1.82, 2.24) is 10.2 Å². The van der Waals surface area contributed by atoms with Crippen molar-refractivity contribution in [3.05, 3.63) is 0 Å². The molecule has 3 nitrogen and oxygen atoms in total. The molecule has 1 saturated carbocycles. The summed E-state index contributed by atoms with van der Waals surface area (Å²) >= 11 is 0. The van der Waals surface area contributed by atoms with Gasteiger partial charge in [-0.3, -0.25) is 4.79 Å². The predicted octanol–water partition coefficient (Wildman–Crippen LogP) is 3.19. The molecule has 2 unspecified atom stereocenters. The summed E-state index contributed by atoms with van der Waals surface area (Å²) in [5.41, 5.74) is 0. The standard InChI is InChI=1S/C17H32N2O/c1-13(2)10-11-19(16-6-4-5-7-16)17(20)15-9-8-14(3)18-12-15/h13-16,18H,4-12H2,1-3H3. The SMILES string of the molecule is CC(C)CCN(C(=O)C1CCC(C)NC1)C1CCCC1. The molecular weight excluding hydrogens is 248 g/mol. The smallest absolute Gasteiger partial charge is 0.227 e. The molecule has 0 spiro atoms. The van der Waals surface area contributed by atoms with Gasteiger partial charge in [0.1, 0.15) is 0 Å². The number of hydrogen-bond acceptors (Lipinski definition) is 2. The molecule has 0 aromatic rings. The van der Waals surface area contributed by atoms with Gasteiger partial charge in [0.15, 0.2) is 0 Å². The number of piperidine rings is 1. The van der Waals surface area contributed by atoms with Gasteiger partial charge in [-0.05, 0) is 44.9 Å². The van der Waals surface area contributed by atoms with Crippen LogP contribution in [0.5, 0.6) is 0 Å². The largest absolute Gasteiger partial charge is 0.339 e. The van der Waals surface area contributed by atoms with E-state index in [1.54, 1.807) is 0 Å². The van der Waals surface area contributed by atoms with Crippen LogP contribution in [0.15, 0.2) is 0 Å². The first kappa shape index (κ1) is 15.8. The first-order valence-electron chi connectivity index (χ1n) is 8.61. The van der Waals surface area contributed by atoms with Gasteiger partial charge in [-0.15, -0.1) is 0 Å². The van der Waals surface area contributed by atoms with Gasteiger partial charge in [-0.1, -0.05) is 26.7 Å². The van der Waals surface area contributed by atoms with Crippen molar-refractivity contribution >= 4 is 5.91 Å². The molecular formula is C17H32N2O. The number of carbonyl (C=O) groups is 1. The molecule has 116 valence electrons. The molecule has 0 aromatic carbocycles. The third-order valence-electron chi connectivity index (χ3n) is 5.01. The zero-order valence-electron chi connectivity index (χ0n) is 13.5. The summed E-state index contributed by atoms with van der Waals surface area (Å²) < 4.78 is 0. The van der Waals surface area contributed by atoms with Gasteiger partial charge in [0.25, 0.3) is 0 Å². The molecule has 1 N–H and O–H groups in total. The van der Waals surface area contributed by atoms with Crippen molar-refractivity contribution in [3.8, 4) is 0 Å². The van der Waals surface area contributed by atoms with Gasteiger partial charge in [0.2, 0.25) is 5.91 Å². The number of carbonyl (C=O) groups excluding carboxylic acids is 1. The molecule has 1 amide bonds. The highest BCUT2D eigenvalue weighted by atomic mass is 16.2. The Hall–Kier alpha value is -0.570. The molecule has 3 heteroatoms. The lowest BCUT2D eigenvalue weighted by atomic mass is 9.93. The van der Waals surface area contributed by atoms with Crippen LogP contribution in [-0.4, -0.2) is 36.0 Å². The summed E-state index contributed by atoms with van der Waals surface area (Å²) in [7, 11) is 0. The Balaban J connectivity index is 1.95. The second-order valence-corrected chi connectivity index (χ2v) is 7.24. The van der Waals surface area contributed by atoms with Crippen molar-refractivity contribution < 1.29 is 4.79 Å². The first-order valence-corrected chi connectivity index (χ1v) is 8.61. The molecule has 1 saturated heterocycles. The highest BCUT2D eigenvalue weighted by Gasteiger charge is 2.32. The highest BCUT2D eigenvalue weighted by Crippen LogP contribution is 2.27. The molecule has 1 aliphatic heterocycles. The topological polar surface area (TPSA) is 32.3 Å². The van der Waals surface area contributed by atoms with Crippen molar-refractivity contribution in [2.24, 2.45) is 11.8 Å². The zero-order chi connectivity index (χ0) is 14.5. The average Bonchev–Trinajstić information content (AvgIpc) is 2.93. The number of hydrogen-bond donors (Lipinski definition) is 1. The van der Waals surface area contributed by atoms with E-state index in [4.69, 9.17) is 0 Å². The Bertz CT molecular complexity index is 302. The summed E-state index contributed by atoms with van der Waals surface area (Å²) in [4.78, 5) is 15.1. The lowest BCUT2D eigenvalue weighted by Crippen LogP contribution is -2.49. The monoisotopic (exact) mass is 280 g/mol. The maximum Gasteiger partial charge on any atom is 0.227 e. The van der Waals surface area contributed by atoms with Gasteiger partial charge in [-0.25, -0.2) is 0 Å². The quantitative estimate of drug-likeness (QED) is 0.839. The maximum absolute atomic E-state index is 12.9. The predicted molar refractivity (Wildman–Crippen MR) is 83.6 cm³/mol. The molecule has 20 heavy (non-hydrogen) atoms. The fourth-order valence-electron chi connectivity index (χ4n) is 3.53. The average molecular weight is 280 g/mol. The first-order chi connectivity index (χ1) is 9.58. The van der Waals surface area contributed by atoms with E-state index >= 15 is 0 Å². The van der Waals surface area contributed by atoms with E-state index in [9.17, 15) is 4.79 Å². The van der Waals surface area contributed by atoms with Crippen molar-refractivity contribution in [2.45, 2.75) is 77.8 Å². The number of nitrogens with one attached hydrogen (secondary N) is 1. The van der Waals surface area contributed by atoms with Crippen LogP contribution in [0.2, 0.25) is 0 Å². The van der Waals surface area contributed by atoms with Gasteiger partial charge in [-0.2, -0.15) is 0 Å². The molecule has 2 fully saturated rings. The van der Waals surface area contributed by atoms with E-state index in [-0.39, 0.29) is 5.92 Å². The van der Waals surface area contributed by atoms with Crippen LogP contribution in [0.1, 0.15) is 65.7 Å². The van der Waals surface area contributed by atoms with Crippen LogP contribution in [0.3, 0.4) is 0 Å². The van der Waals surface area contributed by atoms with E-state index in [0.717, 1.165) is 32.4 Å². The van der Waals surface area contributed by atoms with E-state index in [2.05, 4.69) is 31.0 Å². The molecule has 2 atom stereocenters. The van der Waals surface area contributed by atoms with Crippen molar-refractivity contribution in [3.63, 3.8) is 0 Å². The Labute approximate surface area is 124 Å². The van der Waals surface area contributed by atoms with E-state index in [1.165, 1.54) is 25.7 Å². The fraction of sp³-hybridized carbons (Fsp3) is 0.941. The van der Waals surface area contributed by atoms with Gasteiger partial charge < -0.3 is 10.2 Å². The molecule has 2 rings (SSSR count). The van der Waals surface area contributed by atoms with Crippen LogP contribution < -0.4 is 5.32 Å². The fourth-order valence-corrected chi connectivity index (χ4v) is 3.53. The molecule has 0 radical (unpaired) electrons. The van der Waals surface area contributed by atoms with E-state index in [0.29, 0.717) is 23.9 Å². The van der Waals surface area contributed by atoms with Gasteiger partial charge in [0.05, 0.1) is 5.92 Å². The lowest BCUT2D eigenvalue weighted by molar-refractivity contribution is -0.138. The summed E-state index contributed by atoms with van der Waals surface area (Å²) in [6.07, 6.45) is 8.39. The Morgan fingerprint density at radius 2 is 1.90 bits per heavy atom. The Morgan fingerprint density at radius 1 is 1.20 bits per heavy atom. The minimum Gasteiger partial charge on any atom is -0.339 e. The zero-order valence-corrected chi connectivity index (χ0v) is 13.5. The maximum atomic E-state index is 12.9. The van der Waals surface area contributed by atoms with Crippen molar-refractivity contribution in [1.29, 1.82) is 0 Å². The number of amides is 1. The molecule has 1 heterocycles. The van der Waals surface area contributed by atoms with Crippen LogP contribution >= 0.6 is 0 Å². The molecule has 2 aliphatic rings. The Morgan fingerprint density at radius 3 is 2.45 bits per heavy atom. The van der Waals surface area contributed by atoms with Crippen molar-refractivity contribution in [2.75, 3.05) is 13.1 Å². The third kappa shape index (κ3) is 4.21. The summed E-state index contributed by atoms with van der Waals surface area (Å²) in [5.74, 6) is 1.33. The van der Waals surface area contributed by atoms with Crippen LogP contribution in [0.4, 0.5) is 0 Å². The molecule has 1 aliphatic carbocycles. The van der Waals surface area contributed by atoms with E-state index < -0.39 is 0 Å². The van der Waals surface area contributed by atoms with Gasteiger partial charge in [0, 0.05) is 25.2 Å². The van der Waals surface area contributed by atoms with Gasteiger partial charge >= 0.3 is 0 Å². The minimum absolute atomic E-state index is 0.221. The summed E-state index contributed by atoms with van der Waals surface area (Å²) in [6.45, 7) is 8.56. The second-order valence-electron chi connectivity index (χ2n) is 7.24. The highest BCUT2D eigenvalue weighted by molar-refractivity contribution is 5.79. The number of rotatable bonds is 5. The second kappa shape index (κ2) is 7.44. The Kier molecular flexibility index (Phi) is 5.88.